The summed E-state index contributed by atoms with van der Waals surface area (Å²) >= 11 is 12.2. The quantitative estimate of drug-likeness (QED) is 0.772. The number of amides is 2. The Morgan fingerprint density at radius 3 is 2.46 bits per heavy atom. The monoisotopic (exact) mass is 394 g/mol. The predicted molar refractivity (Wildman–Crippen MR) is 105 cm³/mol. The second kappa shape index (κ2) is 8.92. The Balaban J connectivity index is 2.09. The van der Waals surface area contributed by atoms with Gasteiger partial charge >= 0.3 is 0 Å². The van der Waals surface area contributed by atoms with Gasteiger partial charge in [-0.05, 0) is 30.7 Å². The van der Waals surface area contributed by atoms with Crippen LogP contribution in [0.2, 0.25) is 10.0 Å². The summed E-state index contributed by atoms with van der Waals surface area (Å²) in [5, 5.41) is 3.81. The fourth-order valence-corrected chi connectivity index (χ4v) is 2.87. The first-order valence-corrected chi connectivity index (χ1v) is 8.75. The van der Waals surface area contributed by atoms with Crippen molar-refractivity contribution in [2.75, 3.05) is 23.9 Å². The van der Waals surface area contributed by atoms with E-state index in [1.807, 2.05) is 6.92 Å². The molecule has 5 nitrogen and oxygen atoms in total. The van der Waals surface area contributed by atoms with Crippen molar-refractivity contribution in [2.45, 2.75) is 20.3 Å². The van der Waals surface area contributed by atoms with Crippen LogP contribution in [0.1, 0.15) is 18.9 Å². The normalized spacial score (nSPS) is 10.3. The Bertz CT molecular complexity index is 824. The van der Waals surface area contributed by atoms with E-state index in [0.717, 1.165) is 5.56 Å². The number of anilines is 2. The first-order chi connectivity index (χ1) is 12.3. The number of aryl methyl sites for hydroxylation is 1. The van der Waals surface area contributed by atoms with Crippen LogP contribution >= 0.6 is 23.2 Å². The van der Waals surface area contributed by atoms with Crippen LogP contribution in [0.5, 0.6) is 5.75 Å². The van der Waals surface area contributed by atoms with Gasteiger partial charge in [0.2, 0.25) is 11.8 Å². The average Bonchev–Trinajstić information content (AvgIpc) is 2.59. The summed E-state index contributed by atoms with van der Waals surface area (Å²) in [6, 6.07) is 10.4. The van der Waals surface area contributed by atoms with Crippen LogP contribution in [0.25, 0.3) is 0 Å². The number of methoxy groups -OCH3 is 1. The molecule has 0 atom stereocenters. The predicted octanol–water partition coefficient (Wildman–Crippen LogP) is 4.69. The largest absolute Gasteiger partial charge is 0.495 e. The van der Waals surface area contributed by atoms with Gasteiger partial charge < -0.3 is 15.0 Å². The molecule has 2 aromatic carbocycles. The summed E-state index contributed by atoms with van der Waals surface area (Å²) in [6.07, 6.45) is 0.107. The number of hydrogen-bond donors (Lipinski definition) is 1. The molecule has 0 bridgehead atoms. The highest BCUT2D eigenvalue weighted by Crippen LogP contribution is 2.31. The minimum Gasteiger partial charge on any atom is -0.495 e. The molecule has 0 aliphatic heterocycles. The SMILES string of the molecule is COc1cc(Cl)c(C)cc1NC(=O)CCN(C(C)=O)c1ccccc1Cl. The molecule has 138 valence electrons. The van der Waals surface area contributed by atoms with Gasteiger partial charge in [-0.25, -0.2) is 0 Å². The van der Waals surface area contributed by atoms with Crippen LogP contribution in [-0.2, 0) is 9.59 Å². The van der Waals surface area contributed by atoms with Gasteiger partial charge in [0.1, 0.15) is 5.75 Å². The minimum atomic E-state index is -0.247. The van der Waals surface area contributed by atoms with Crippen LogP contribution in [-0.4, -0.2) is 25.5 Å². The molecule has 0 unspecified atom stereocenters. The van der Waals surface area contributed by atoms with Crippen molar-refractivity contribution in [3.05, 3.63) is 52.0 Å². The van der Waals surface area contributed by atoms with E-state index in [-0.39, 0.29) is 24.8 Å². The molecule has 2 aromatic rings. The van der Waals surface area contributed by atoms with E-state index in [4.69, 9.17) is 27.9 Å². The van der Waals surface area contributed by atoms with Gasteiger partial charge in [0.25, 0.3) is 0 Å². The molecule has 2 amide bonds. The van der Waals surface area contributed by atoms with Crippen LogP contribution in [0, 0.1) is 6.92 Å². The maximum Gasteiger partial charge on any atom is 0.226 e. The van der Waals surface area contributed by atoms with E-state index in [9.17, 15) is 9.59 Å². The summed E-state index contributed by atoms with van der Waals surface area (Å²) in [4.78, 5) is 25.8. The Morgan fingerprint density at radius 1 is 1.15 bits per heavy atom. The smallest absolute Gasteiger partial charge is 0.226 e. The van der Waals surface area contributed by atoms with Crippen LogP contribution in [0.3, 0.4) is 0 Å². The number of carbonyl (C=O) groups is 2. The molecule has 1 N–H and O–H groups in total. The minimum absolute atomic E-state index is 0.107. The summed E-state index contributed by atoms with van der Waals surface area (Å²) in [5.74, 6) is 0.0395. The van der Waals surface area contributed by atoms with Crippen LogP contribution < -0.4 is 15.0 Å². The molecular formula is C19H20Cl2N2O3. The molecule has 0 saturated carbocycles. The summed E-state index contributed by atoms with van der Waals surface area (Å²) in [7, 11) is 1.51. The maximum absolute atomic E-state index is 12.3. The second-order valence-corrected chi connectivity index (χ2v) is 6.54. The number of rotatable bonds is 6. The summed E-state index contributed by atoms with van der Waals surface area (Å²) in [6.45, 7) is 3.49. The zero-order valence-electron chi connectivity index (χ0n) is 14.8. The molecule has 0 fully saturated rings. The average molecular weight is 395 g/mol. The lowest BCUT2D eigenvalue weighted by Gasteiger charge is -2.22. The molecular weight excluding hydrogens is 375 g/mol. The lowest BCUT2D eigenvalue weighted by atomic mass is 10.2. The topological polar surface area (TPSA) is 58.6 Å². The van der Waals surface area contributed by atoms with Crippen molar-refractivity contribution in [1.82, 2.24) is 0 Å². The van der Waals surface area contributed by atoms with E-state index >= 15 is 0 Å². The molecule has 2 rings (SSSR count). The molecule has 0 aromatic heterocycles. The van der Waals surface area contributed by atoms with Crippen molar-refractivity contribution in [3.8, 4) is 5.75 Å². The Morgan fingerprint density at radius 2 is 1.85 bits per heavy atom. The Hall–Kier alpha value is -2.24. The number of ether oxygens (including phenoxy) is 1. The highest BCUT2D eigenvalue weighted by Gasteiger charge is 2.17. The van der Waals surface area contributed by atoms with Crippen molar-refractivity contribution in [3.63, 3.8) is 0 Å². The zero-order valence-corrected chi connectivity index (χ0v) is 16.3. The molecule has 0 saturated heterocycles. The first-order valence-electron chi connectivity index (χ1n) is 8.00. The Kier molecular flexibility index (Phi) is 6.89. The fourth-order valence-electron chi connectivity index (χ4n) is 2.47. The van der Waals surface area contributed by atoms with Gasteiger partial charge in [-0.2, -0.15) is 0 Å². The third-order valence-electron chi connectivity index (χ3n) is 3.84. The summed E-state index contributed by atoms with van der Waals surface area (Å²) in [5.41, 5.74) is 1.94. The number of para-hydroxylation sites is 1. The van der Waals surface area contributed by atoms with Gasteiger partial charge in [-0.15, -0.1) is 0 Å². The molecule has 0 spiro atoms. The van der Waals surface area contributed by atoms with Gasteiger partial charge in [0.15, 0.2) is 0 Å². The lowest BCUT2D eigenvalue weighted by Crippen LogP contribution is -2.32. The third-order valence-corrected chi connectivity index (χ3v) is 4.57. The number of halogens is 2. The molecule has 26 heavy (non-hydrogen) atoms. The van der Waals surface area contributed by atoms with Gasteiger partial charge in [0, 0.05) is 31.0 Å². The highest BCUT2D eigenvalue weighted by molar-refractivity contribution is 6.33. The summed E-state index contributed by atoms with van der Waals surface area (Å²) < 4.78 is 5.25. The van der Waals surface area contributed by atoms with Crippen LogP contribution in [0.15, 0.2) is 36.4 Å². The molecule has 7 heteroatoms. The van der Waals surface area contributed by atoms with Gasteiger partial charge in [-0.3, -0.25) is 9.59 Å². The molecule has 0 heterocycles. The molecule has 0 aliphatic carbocycles. The first kappa shape index (κ1) is 20.1. The number of benzene rings is 2. The standard InChI is InChI=1S/C19H20Cl2N2O3/c1-12-10-16(18(26-3)11-15(12)21)22-19(25)8-9-23(13(2)24)17-7-5-4-6-14(17)20/h4-7,10-11H,8-9H2,1-3H3,(H,22,25). The number of nitrogens with zero attached hydrogens (tertiary/aromatic N) is 1. The number of hydrogen-bond acceptors (Lipinski definition) is 3. The molecule has 0 aliphatic rings. The molecule has 0 radical (unpaired) electrons. The van der Waals surface area contributed by atoms with Crippen LogP contribution in [0.4, 0.5) is 11.4 Å². The van der Waals surface area contributed by atoms with Crippen molar-refractivity contribution in [1.29, 1.82) is 0 Å². The van der Waals surface area contributed by atoms with E-state index in [2.05, 4.69) is 5.32 Å². The van der Waals surface area contributed by atoms with Crippen molar-refractivity contribution >= 4 is 46.4 Å². The van der Waals surface area contributed by atoms with Crippen molar-refractivity contribution in [2.24, 2.45) is 0 Å². The highest BCUT2D eigenvalue weighted by atomic mass is 35.5. The second-order valence-electron chi connectivity index (χ2n) is 5.72. The maximum atomic E-state index is 12.3. The number of carbonyl (C=O) groups excluding carboxylic acids is 2. The van der Waals surface area contributed by atoms with Crippen molar-refractivity contribution < 1.29 is 14.3 Å². The zero-order chi connectivity index (χ0) is 19.3. The van der Waals surface area contributed by atoms with Gasteiger partial charge in [-0.1, -0.05) is 35.3 Å². The Labute approximate surface area is 162 Å². The van der Waals surface area contributed by atoms with Gasteiger partial charge in [0.05, 0.1) is 23.5 Å². The van der Waals surface area contributed by atoms with E-state index in [0.29, 0.717) is 27.2 Å². The number of nitrogens with one attached hydrogen (secondary N) is 1. The third kappa shape index (κ3) is 4.90. The van der Waals surface area contributed by atoms with E-state index < -0.39 is 0 Å². The van der Waals surface area contributed by atoms with E-state index in [1.165, 1.54) is 18.9 Å². The fraction of sp³-hybridized carbons (Fsp3) is 0.263. The lowest BCUT2D eigenvalue weighted by molar-refractivity contribution is -0.117. The van der Waals surface area contributed by atoms with E-state index in [1.54, 1.807) is 36.4 Å².